The second-order valence-corrected chi connectivity index (χ2v) is 2.48. The first-order valence-electron chi connectivity index (χ1n) is 3.49. The minimum atomic E-state index is -5.70. The largest absolute Gasteiger partial charge is 0.456 e. The fourth-order valence-electron chi connectivity index (χ4n) is 0.539. The van der Waals surface area contributed by atoms with Crippen LogP contribution in [0.1, 0.15) is 0 Å². The summed E-state index contributed by atoms with van der Waals surface area (Å²) in [4.78, 5) is 10.3. The van der Waals surface area contributed by atoms with Crippen molar-refractivity contribution in [3.05, 3.63) is 12.7 Å². The van der Waals surface area contributed by atoms with Crippen molar-refractivity contribution in [1.29, 1.82) is 0 Å². The molecule has 1 atom stereocenters. The first-order valence-corrected chi connectivity index (χ1v) is 3.49. The van der Waals surface area contributed by atoms with E-state index in [0.29, 0.717) is 6.08 Å². The fourth-order valence-corrected chi connectivity index (χ4v) is 0.539. The summed E-state index contributed by atoms with van der Waals surface area (Å²) in [5.41, 5.74) is 0. The molecule has 0 unspecified atom stereocenters. The summed E-state index contributed by atoms with van der Waals surface area (Å²) >= 11 is 0. The zero-order valence-electron chi connectivity index (χ0n) is 7.15. The van der Waals surface area contributed by atoms with Gasteiger partial charge in [-0.15, -0.1) is 0 Å². The maximum Gasteiger partial charge on any atom is 0.425 e. The summed E-state index contributed by atoms with van der Waals surface area (Å²) < 4.78 is 75.2. The highest BCUT2D eigenvalue weighted by atomic mass is 19.4. The highest BCUT2D eigenvalue weighted by Crippen LogP contribution is 2.34. The number of carbonyl (C=O) groups excluding carboxylic acids is 1. The normalized spacial score (nSPS) is 14.5. The summed E-state index contributed by atoms with van der Waals surface area (Å²) in [6.45, 7) is 0.832. The third-order valence-corrected chi connectivity index (χ3v) is 1.23. The molecule has 0 bridgehead atoms. The van der Waals surface area contributed by atoms with Crippen molar-refractivity contribution >= 4 is 5.97 Å². The van der Waals surface area contributed by atoms with Crippen molar-refractivity contribution in [1.82, 2.24) is 0 Å². The molecule has 0 aliphatic heterocycles. The van der Waals surface area contributed by atoms with E-state index in [4.69, 9.17) is 0 Å². The van der Waals surface area contributed by atoms with E-state index < -0.39 is 30.8 Å². The highest BCUT2D eigenvalue weighted by Gasteiger charge is 2.57. The molecule has 0 heterocycles. The molecule has 0 N–H and O–H groups in total. The lowest BCUT2D eigenvalue weighted by atomic mass is 10.2. The van der Waals surface area contributed by atoms with Crippen molar-refractivity contribution in [2.75, 3.05) is 6.61 Å². The molecule has 0 aromatic carbocycles. The molecule has 0 aromatic rings. The quantitative estimate of drug-likeness (QED) is 0.425. The Morgan fingerprint density at radius 2 is 1.80 bits per heavy atom. The van der Waals surface area contributed by atoms with Gasteiger partial charge in [-0.3, -0.25) is 0 Å². The predicted octanol–water partition coefficient (Wildman–Crippen LogP) is 2.25. The number of alkyl halides is 6. The Bertz CT molecular complexity index is 246. The molecule has 0 amide bonds. The van der Waals surface area contributed by atoms with Crippen LogP contribution in [0.4, 0.5) is 26.3 Å². The average molecular weight is 236 g/mol. The number of ether oxygens (including phenoxy) is 1. The second kappa shape index (κ2) is 4.54. The van der Waals surface area contributed by atoms with Crippen LogP contribution in [-0.4, -0.2) is 30.8 Å². The number of carbonyl (C=O) groups is 1. The SMILES string of the molecule is C=CC(=O)OCC(F)(F)[C@@H](F)C(F)(F)F. The van der Waals surface area contributed by atoms with Crippen LogP contribution in [0.3, 0.4) is 0 Å². The van der Waals surface area contributed by atoms with Crippen LogP contribution in [0.5, 0.6) is 0 Å². The minimum absolute atomic E-state index is 0.469. The zero-order valence-corrected chi connectivity index (χ0v) is 7.15. The standard InChI is InChI=1S/C7H6F6O2/c1-2-4(14)15-3-6(9,10)5(8)7(11,12)13/h2,5H,1,3H2/t5-/m1/s1. The molecule has 0 fully saturated rings. The van der Waals surface area contributed by atoms with Crippen LogP contribution in [-0.2, 0) is 9.53 Å². The van der Waals surface area contributed by atoms with Gasteiger partial charge in [0.25, 0.3) is 6.17 Å². The molecule has 88 valence electrons. The maximum absolute atomic E-state index is 12.4. The summed E-state index contributed by atoms with van der Waals surface area (Å²) in [7, 11) is 0. The van der Waals surface area contributed by atoms with Crippen LogP contribution in [0, 0.1) is 0 Å². The van der Waals surface area contributed by atoms with Crippen molar-refractivity contribution < 1.29 is 35.9 Å². The zero-order chi connectivity index (χ0) is 12.3. The molecule has 0 aliphatic rings. The number of esters is 1. The van der Waals surface area contributed by atoms with Crippen LogP contribution in [0.15, 0.2) is 12.7 Å². The Balaban J connectivity index is 4.41. The van der Waals surface area contributed by atoms with Gasteiger partial charge in [-0.2, -0.15) is 22.0 Å². The van der Waals surface area contributed by atoms with Crippen LogP contribution < -0.4 is 0 Å². The number of rotatable bonds is 4. The summed E-state index contributed by atoms with van der Waals surface area (Å²) in [5, 5.41) is 0. The van der Waals surface area contributed by atoms with E-state index in [2.05, 4.69) is 11.3 Å². The minimum Gasteiger partial charge on any atom is -0.456 e. The Hall–Kier alpha value is -1.21. The fraction of sp³-hybridized carbons (Fsp3) is 0.571. The first kappa shape index (κ1) is 13.8. The predicted molar refractivity (Wildman–Crippen MR) is 37.1 cm³/mol. The average Bonchev–Trinajstić information content (AvgIpc) is 2.11. The van der Waals surface area contributed by atoms with E-state index in [0.717, 1.165) is 0 Å². The van der Waals surface area contributed by atoms with Gasteiger partial charge in [0.1, 0.15) is 0 Å². The van der Waals surface area contributed by atoms with E-state index in [1.807, 2.05) is 0 Å². The van der Waals surface area contributed by atoms with Gasteiger partial charge in [-0.25, -0.2) is 9.18 Å². The van der Waals surface area contributed by atoms with Crippen LogP contribution in [0.25, 0.3) is 0 Å². The molecule has 0 spiro atoms. The monoisotopic (exact) mass is 236 g/mol. The summed E-state index contributed by atoms with van der Waals surface area (Å²) in [6, 6.07) is 0. The first-order chi connectivity index (χ1) is 6.61. The van der Waals surface area contributed by atoms with Gasteiger partial charge in [0.15, 0.2) is 6.61 Å². The molecular formula is C7H6F6O2. The third kappa shape index (κ3) is 4.22. The molecule has 2 nitrogen and oxygen atoms in total. The Labute approximate surface area is 80.5 Å². The number of hydrogen-bond donors (Lipinski definition) is 0. The smallest absolute Gasteiger partial charge is 0.425 e. The van der Waals surface area contributed by atoms with Crippen molar-refractivity contribution in [3.63, 3.8) is 0 Å². The van der Waals surface area contributed by atoms with Crippen LogP contribution >= 0.6 is 0 Å². The molecule has 0 aliphatic carbocycles. The highest BCUT2D eigenvalue weighted by molar-refractivity contribution is 5.81. The van der Waals surface area contributed by atoms with Gasteiger partial charge in [-0.05, 0) is 0 Å². The van der Waals surface area contributed by atoms with Gasteiger partial charge in [0, 0.05) is 6.08 Å². The van der Waals surface area contributed by atoms with E-state index >= 15 is 0 Å². The Kier molecular flexibility index (Phi) is 4.17. The molecule has 0 rings (SSSR count). The molecule has 0 saturated heterocycles. The van der Waals surface area contributed by atoms with E-state index in [1.165, 1.54) is 0 Å². The molecule has 0 radical (unpaired) electrons. The lowest BCUT2D eigenvalue weighted by Gasteiger charge is -2.21. The second-order valence-electron chi connectivity index (χ2n) is 2.48. The van der Waals surface area contributed by atoms with Gasteiger partial charge in [0.05, 0.1) is 0 Å². The molecule has 0 saturated carbocycles. The molecule has 0 aromatic heterocycles. The molecule has 15 heavy (non-hydrogen) atoms. The van der Waals surface area contributed by atoms with E-state index in [9.17, 15) is 31.1 Å². The van der Waals surface area contributed by atoms with Crippen molar-refractivity contribution in [2.24, 2.45) is 0 Å². The number of hydrogen-bond acceptors (Lipinski definition) is 2. The molecule has 8 heteroatoms. The van der Waals surface area contributed by atoms with Gasteiger partial charge >= 0.3 is 18.1 Å². The third-order valence-electron chi connectivity index (χ3n) is 1.23. The lowest BCUT2D eigenvalue weighted by Crippen LogP contribution is -2.45. The molecular weight excluding hydrogens is 230 g/mol. The number of halogens is 6. The van der Waals surface area contributed by atoms with Gasteiger partial charge in [0.2, 0.25) is 0 Å². The van der Waals surface area contributed by atoms with Crippen LogP contribution in [0.2, 0.25) is 0 Å². The Morgan fingerprint density at radius 1 is 1.33 bits per heavy atom. The van der Waals surface area contributed by atoms with E-state index in [-0.39, 0.29) is 0 Å². The maximum atomic E-state index is 12.4. The lowest BCUT2D eigenvalue weighted by molar-refractivity contribution is -0.253. The summed E-state index contributed by atoms with van der Waals surface area (Å²) in [6.07, 6.45) is -9.61. The topological polar surface area (TPSA) is 26.3 Å². The van der Waals surface area contributed by atoms with Crippen molar-refractivity contribution in [2.45, 2.75) is 18.3 Å². The van der Waals surface area contributed by atoms with Gasteiger partial charge in [-0.1, -0.05) is 6.58 Å². The van der Waals surface area contributed by atoms with Crippen molar-refractivity contribution in [3.8, 4) is 0 Å². The Morgan fingerprint density at radius 3 is 2.13 bits per heavy atom. The summed E-state index contributed by atoms with van der Waals surface area (Å²) in [5.74, 6) is -6.17. The van der Waals surface area contributed by atoms with Gasteiger partial charge < -0.3 is 4.74 Å². The van der Waals surface area contributed by atoms with E-state index in [1.54, 1.807) is 0 Å².